The molecule has 0 amide bonds. The van der Waals surface area contributed by atoms with Crippen LogP contribution in [0.3, 0.4) is 0 Å². The van der Waals surface area contributed by atoms with Crippen LogP contribution in [0, 0.1) is 0 Å². The lowest BCUT2D eigenvalue weighted by atomic mass is 10.1. The van der Waals surface area contributed by atoms with Crippen molar-refractivity contribution in [3.05, 3.63) is 35.4 Å². The zero-order valence-electron chi connectivity index (χ0n) is 7.69. The molecule has 0 fully saturated rings. The highest BCUT2D eigenvalue weighted by Gasteiger charge is 2.06. The minimum atomic E-state index is -0.649. The first-order valence-corrected chi connectivity index (χ1v) is 4.15. The normalized spacial score (nSPS) is 8.93. The topological polar surface area (TPSA) is 55.7 Å². The number of benzene rings is 1. The molecule has 14 heavy (non-hydrogen) atoms. The maximum absolute atomic E-state index is 11.2. The van der Waals surface area contributed by atoms with E-state index in [1.54, 1.807) is 18.2 Å². The molecule has 0 N–H and O–H groups in total. The monoisotopic (exact) mass is 191 g/mol. The van der Waals surface area contributed by atoms with Gasteiger partial charge in [0.2, 0.25) is 0 Å². The Bertz CT molecular complexity index is 381. The standard InChI is InChI=1S/C10H9NO3/c1-2-8-4-3-5-9(6-8)10(13)14-11-7-12/h3-6H,2H2,1H3. The molecule has 0 unspecified atom stereocenters. The molecule has 1 aromatic rings. The molecule has 0 aliphatic carbocycles. The van der Waals surface area contributed by atoms with Crippen molar-refractivity contribution in [1.82, 2.24) is 0 Å². The zero-order chi connectivity index (χ0) is 10.4. The number of carbonyl (C=O) groups excluding carboxylic acids is 2. The van der Waals surface area contributed by atoms with Gasteiger partial charge >= 0.3 is 5.97 Å². The minimum absolute atomic E-state index is 0.378. The average molecular weight is 191 g/mol. The van der Waals surface area contributed by atoms with Gasteiger partial charge in [0.25, 0.3) is 6.08 Å². The van der Waals surface area contributed by atoms with Crippen molar-refractivity contribution in [2.75, 3.05) is 0 Å². The van der Waals surface area contributed by atoms with Crippen molar-refractivity contribution in [2.45, 2.75) is 13.3 Å². The van der Waals surface area contributed by atoms with E-state index in [4.69, 9.17) is 0 Å². The summed E-state index contributed by atoms with van der Waals surface area (Å²) >= 11 is 0. The number of aryl methyl sites for hydroxylation is 1. The van der Waals surface area contributed by atoms with Gasteiger partial charge < -0.3 is 4.84 Å². The number of nitrogens with zero attached hydrogens (tertiary/aromatic N) is 1. The van der Waals surface area contributed by atoms with E-state index in [-0.39, 0.29) is 0 Å². The second-order valence-corrected chi connectivity index (χ2v) is 2.62. The number of hydrogen-bond donors (Lipinski definition) is 0. The van der Waals surface area contributed by atoms with E-state index >= 15 is 0 Å². The van der Waals surface area contributed by atoms with Gasteiger partial charge in [-0.3, -0.25) is 0 Å². The molecule has 0 heterocycles. The molecule has 0 aliphatic rings. The lowest BCUT2D eigenvalue weighted by Gasteiger charge is -1.99. The largest absolute Gasteiger partial charge is 0.366 e. The molecular formula is C10H9NO3. The van der Waals surface area contributed by atoms with Crippen molar-refractivity contribution >= 4 is 12.0 Å². The molecule has 0 radical (unpaired) electrons. The highest BCUT2D eigenvalue weighted by Crippen LogP contribution is 2.07. The van der Waals surface area contributed by atoms with Crippen LogP contribution in [0.15, 0.2) is 29.4 Å². The summed E-state index contributed by atoms with van der Waals surface area (Å²) in [7, 11) is 0. The predicted molar refractivity (Wildman–Crippen MR) is 49.4 cm³/mol. The fraction of sp³-hybridized carbons (Fsp3) is 0.200. The summed E-state index contributed by atoms with van der Waals surface area (Å²) in [6.45, 7) is 1.98. The van der Waals surface area contributed by atoms with E-state index in [1.165, 1.54) is 0 Å². The fourth-order valence-corrected chi connectivity index (χ4v) is 1.03. The summed E-state index contributed by atoms with van der Waals surface area (Å²) in [5.41, 5.74) is 1.40. The van der Waals surface area contributed by atoms with Crippen molar-refractivity contribution in [3.8, 4) is 0 Å². The Morgan fingerprint density at radius 1 is 1.57 bits per heavy atom. The second kappa shape index (κ2) is 4.94. The lowest BCUT2D eigenvalue weighted by molar-refractivity contribution is 0.0515. The molecule has 0 atom stereocenters. The Morgan fingerprint density at radius 3 is 3.00 bits per heavy atom. The van der Waals surface area contributed by atoms with Crippen molar-refractivity contribution < 1.29 is 14.4 Å². The molecule has 72 valence electrons. The van der Waals surface area contributed by atoms with Gasteiger partial charge in [0.15, 0.2) is 0 Å². The van der Waals surface area contributed by atoms with E-state index in [1.807, 2.05) is 13.0 Å². The lowest BCUT2D eigenvalue weighted by Crippen LogP contribution is -2.00. The fourth-order valence-electron chi connectivity index (χ4n) is 1.03. The second-order valence-electron chi connectivity index (χ2n) is 2.62. The summed E-state index contributed by atoms with van der Waals surface area (Å²) in [5, 5.41) is 2.75. The summed E-state index contributed by atoms with van der Waals surface area (Å²) in [6, 6.07) is 6.95. The van der Waals surface area contributed by atoms with Crippen LogP contribution < -0.4 is 0 Å². The number of carbonyl (C=O) groups is 1. The van der Waals surface area contributed by atoms with Crippen LogP contribution in [0.5, 0.6) is 0 Å². The average Bonchev–Trinajstić information content (AvgIpc) is 2.26. The van der Waals surface area contributed by atoms with Crippen molar-refractivity contribution in [1.29, 1.82) is 0 Å². The molecule has 0 saturated heterocycles. The molecule has 0 bridgehead atoms. The van der Waals surface area contributed by atoms with E-state index in [0.29, 0.717) is 5.56 Å². The Labute approximate surface area is 81.2 Å². The van der Waals surface area contributed by atoms with Gasteiger partial charge in [-0.2, -0.15) is 0 Å². The smallest absolute Gasteiger partial charge is 0.301 e. The molecule has 0 aliphatic heterocycles. The molecule has 4 nitrogen and oxygen atoms in total. The van der Waals surface area contributed by atoms with Crippen molar-refractivity contribution in [2.24, 2.45) is 5.16 Å². The third kappa shape index (κ3) is 2.54. The minimum Gasteiger partial charge on any atom is -0.301 e. The predicted octanol–water partition coefficient (Wildman–Crippen LogP) is 1.66. The number of hydrogen-bond acceptors (Lipinski definition) is 4. The molecule has 0 spiro atoms. The summed E-state index contributed by atoms with van der Waals surface area (Å²) < 4.78 is 0. The molecule has 0 aromatic heterocycles. The zero-order valence-corrected chi connectivity index (χ0v) is 7.69. The van der Waals surface area contributed by atoms with Crippen LogP contribution in [0.2, 0.25) is 0 Å². The summed E-state index contributed by atoms with van der Waals surface area (Å²) in [5.74, 6) is -0.649. The van der Waals surface area contributed by atoms with Crippen LogP contribution in [0.1, 0.15) is 22.8 Å². The van der Waals surface area contributed by atoms with Crippen LogP contribution in [0.25, 0.3) is 0 Å². The third-order valence-electron chi connectivity index (χ3n) is 1.74. The van der Waals surface area contributed by atoms with Gasteiger partial charge in [-0.15, -0.1) is 0 Å². The Hall–Kier alpha value is -1.93. The highest BCUT2D eigenvalue weighted by molar-refractivity contribution is 5.89. The third-order valence-corrected chi connectivity index (χ3v) is 1.74. The Balaban J connectivity index is 2.84. The van der Waals surface area contributed by atoms with Gasteiger partial charge in [-0.1, -0.05) is 19.1 Å². The first-order valence-electron chi connectivity index (χ1n) is 4.15. The maximum Gasteiger partial charge on any atom is 0.366 e. The Morgan fingerprint density at radius 2 is 2.36 bits per heavy atom. The first kappa shape index (κ1) is 10.2. The molecule has 0 saturated carbocycles. The molecule has 1 rings (SSSR count). The van der Waals surface area contributed by atoms with Gasteiger partial charge in [-0.05, 0) is 24.1 Å². The van der Waals surface area contributed by atoms with E-state index in [9.17, 15) is 9.59 Å². The van der Waals surface area contributed by atoms with Gasteiger partial charge in [0.1, 0.15) is 0 Å². The molecule has 1 aromatic carbocycles. The van der Waals surface area contributed by atoms with Crippen LogP contribution in [-0.2, 0) is 16.1 Å². The van der Waals surface area contributed by atoms with Gasteiger partial charge in [0.05, 0.1) is 5.56 Å². The van der Waals surface area contributed by atoms with Crippen LogP contribution in [0.4, 0.5) is 0 Å². The summed E-state index contributed by atoms with van der Waals surface area (Å²) in [4.78, 5) is 25.1. The first-order chi connectivity index (χ1) is 6.77. The quantitative estimate of drug-likeness (QED) is 0.316. The van der Waals surface area contributed by atoms with E-state index in [0.717, 1.165) is 18.1 Å². The van der Waals surface area contributed by atoms with Crippen LogP contribution >= 0.6 is 0 Å². The number of isocyanates is 1. The van der Waals surface area contributed by atoms with Crippen molar-refractivity contribution in [3.63, 3.8) is 0 Å². The maximum atomic E-state index is 11.2. The SMILES string of the molecule is CCc1cccc(C(=O)ON=C=O)c1. The summed E-state index contributed by atoms with van der Waals surface area (Å²) in [6.07, 6.45) is 1.96. The Kier molecular flexibility index (Phi) is 3.58. The van der Waals surface area contributed by atoms with E-state index in [2.05, 4.69) is 9.99 Å². The van der Waals surface area contributed by atoms with E-state index < -0.39 is 5.97 Å². The van der Waals surface area contributed by atoms with Crippen LogP contribution in [-0.4, -0.2) is 12.0 Å². The van der Waals surface area contributed by atoms with Gasteiger partial charge in [-0.25, -0.2) is 9.59 Å². The molecule has 4 heteroatoms. The van der Waals surface area contributed by atoms with Gasteiger partial charge in [0, 0.05) is 5.16 Å². The number of rotatable bonds is 3. The highest BCUT2D eigenvalue weighted by atomic mass is 16.7. The molecular weight excluding hydrogens is 182 g/mol.